The Hall–Kier alpha value is -2.67. The average Bonchev–Trinajstić information content (AvgIpc) is 3.47. The molecule has 0 aliphatic carbocycles. The van der Waals surface area contributed by atoms with Crippen molar-refractivity contribution in [3.8, 4) is 11.5 Å². The summed E-state index contributed by atoms with van der Waals surface area (Å²) in [6.45, 7) is 2.31. The lowest BCUT2D eigenvalue weighted by atomic mass is 10.2. The zero-order chi connectivity index (χ0) is 26.5. The van der Waals surface area contributed by atoms with Gasteiger partial charge < -0.3 is 14.8 Å². The van der Waals surface area contributed by atoms with Gasteiger partial charge in [-0.15, -0.1) is 0 Å². The van der Waals surface area contributed by atoms with E-state index in [1.54, 1.807) is 12.1 Å². The number of nitrogens with one attached hydrogen (secondary N) is 1. The predicted molar refractivity (Wildman–Crippen MR) is 138 cm³/mol. The highest BCUT2D eigenvalue weighted by atomic mass is 32.2. The number of sulfonamides is 2. The Morgan fingerprint density at radius 1 is 0.811 bits per heavy atom. The first kappa shape index (κ1) is 27.4. The summed E-state index contributed by atoms with van der Waals surface area (Å²) in [7, 11) is -5.77. The zero-order valence-corrected chi connectivity index (χ0v) is 22.5. The van der Waals surface area contributed by atoms with Crippen LogP contribution in [-0.4, -0.2) is 77.8 Å². The molecule has 0 bridgehead atoms. The normalized spacial score (nSPS) is 17.4. The number of amides is 1. The van der Waals surface area contributed by atoms with Crippen LogP contribution in [0.1, 0.15) is 42.5 Å². The van der Waals surface area contributed by atoms with Gasteiger partial charge in [0.05, 0.1) is 29.0 Å². The molecule has 202 valence electrons. The van der Waals surface area contributed by atoms with Crippen LogP contribution in [0, 0.1) is 0 Å². The third kappa shape index (κ3) is 6.25. The maximum atomic E-state index is 12.9. The number of ether oxygens (including phenoxy) is 2. The molecular formula is C25H33N3O7S2. The smallest absolute Gasteiger partial charge is 0.255 e. The summed E-state index contributed by atoms with van der Waals surface area (Å²) in [5.74, 6) is 0.259. The van der Waals surface area contributed by atoms with Gasteiger partial charge in [-0.2, -0.15) is 8.61 Å². The Morgan fingerprint density at radius 3 is 1.95 bits per heavy atom. The van der Waals surface area contributed by atoms with Crippen molar-refractivity contribution in [3.63, 3.8) is 0 Å². The number of nitrogens with zero attached hydrogens (tertiary/aromatic N) is 2. The lowest BCUT2D eigenvalue weighted by molar-refractivity contribution is 0.0943. The summed E-state index contributed by atoms with van der Waals surface area (Å²) < 4.78 is 65.2. The third-order valence-corrected chi connectivity index (χ3v) is 10.4. The van der Waals surface area contributed by atoms with Gasteiger partial charge in [-0.25, -0.2) is 16.8 Å². The third-order valence-electron chi connectivity index (χ3n) is 6.55. The quantitative estimate of drug-likeness (QED) is 0.450. The minimum absolute atomic E-state index is 0.0520. The number of benzene rings is 2. The fourth-order valence-electron chi connectivity index (χ4n) is 4.49. The molecule has 0 radical (unpaired) electrons. The number of methoxy groups -OCH3 is 1. The Morgan fingerprint density at radius 2 is 1.35 bits per heavy atom. The van der Waals surface area contributed by atoms with Gasteiger partial charge >= 0.3 is 0 Å². The molecule has 0 aromatic heterocycles. The van der Waals surface area contributed by atoms with Crippen molar-refractivity contribution < 1.29 is 31.1 Å². The molecule has 2 aliphatic heterocycles. The van der Waals surface area contributed by atoms with Crippen molar-refractivity contribution in [1.29, 1.82) is 0 Å². The molecule has 1 amide bonds. The van der Waals surface area contributed by atoms with E-state index < -0.39 is 26.0 Å². The van der Waals surface area contributed by atoms with E-state index in [4.69, 9.17) is 9.47 Å². The summed E-state index contributed by atoms with van der Waals surface area (Å²) in [5.41, 5.74) is 0.120. The van der Waals surface area contributed by atoms with E-state index in [0.717, 1.165) is 32.1 Å². The number of carbonyl (C=O) groups is 1. The summed E-state index contributed by atoms with van der Waals surface area (Å²) in [5, 5.41) is 2.72. The molecule has 1 N–H and O–H groups in total. The molecule has 2 aromatic rings. The average molecular weight is 552 g/mol. The molecule has 4 rings (SSSR count). The topological polar surface area (TPSA) is 122 Å². The van der Waals surface area contributed by atoms with Gasteiger partial charge in [0.15, 0.2) is 0 Å². The first-order valence-electron chi connectivity index (χ1n) is 12.4. The van der Waals surface area contributed by atoms with E-state index in [1.165, 1.54) is 46.1 Å². The van der Waals surface area contributed by atoms with Crippen LogP contribution in [0.2, 0.25) is 0 Å². The molecular weight excluding hydrogens is 518 g/mol. The fourth-order valence-corrected chi connectivity index (χ4v) is 7.55. The molecule has 12 heteroatoms. The predicted octanol–water partition coefficient (Wildman–Crippen LogP) is 2.46. The van der Waals surface area contributed by atoms with Crippen molar-refractivity contribution in [2.75, 3.05) is 46.4 Å². The van der Waals surface area contributed by atoms with Crippen molar-refractivity contribution in [3.05, 3.63) is 48.0 Å². The van der Waals surface area contributed by atoms with Gasteiger partial charge in [0, 0.05) is 26.2 Å². The van der Waals surface area contributed by atoms with Crippen molar-refractivity contribution >= 4 is 26.0 Å². The van der Waals surface area contributed by atoms with Gasteiger partial charge in [0.1, 0.15) is 18.1 Å². The van der Waals surface area contributed by atoms with E-state index in [9.17, 15) is 21.6 Å². The zero-order valence-electron chi connectivity index (χ0n) is 20.9. The van der Waals surface area contributed by atoms with E-state index in [1.807, 2.05) is 0 Å². The largest absolute Gasteiger partial charge is 0.496 e. The van der Waals surface area contributed by atoms with Crippen LogP contribution in [0.15, 0.2) is 52.3 Å². The van der Waals surface area contributed by atoms with Gasteiger partial charge in [-0.05, 0) is 68.1 Å². The summed E-state index contributed by atoms with van der Waals surface area (Å²) in [4.78, 5) is 13.1. The fraction of sp³-hybridized carbons (Fsp3) is 0.480. The van der Waals surface area contributed by atoms with Crippen LogP contribution in [0.25, 0.3) is 0 Å². The Labute approximate surface area is 218 Å². The van der Waals surface area contributed by atoms with E-state index in [-0.39, 0.29) is 34.3 Å². The monoisotopic (exact) mass is 551 g/mol. The van der Waals surface area contributed by atoms with Crippen LogP contribution < -0.4 is 14.8 Å². The maximum Gasteiger partial charge on any atom is 0.255 e. The second-order valence-electron chi connectivity index (χ2n) is 9.01. The number of carbonyl (C=O) groups excluding carboxylic acids is 1. The summed E-state index contributed by atoms with van der Waals surface area (Å²) in [6.07, 6.45) is 4.43. The van der Waals surface area contributed by atoms with Crippen molar-refractivity contribution in [2.45, 2.75) is 41.9 Å². The molecule has 37 heavy (non-hydrogen) atoms. The molecule has 2 fully saturated rings. The molecule has 0 saturated carbocycles. The molecule has 2 aromatic carbocycles. The highest BCUT2D eigenvalue weighted by Gasteiger charge is 2.29. The molecule has 2 saturated heterocycles. The Balaban J connectivity index is 1.33. The molecule has 2 heterocycles. The van der Waals surface area contributed by atoms with Crippen LogP contribution in [0.5, 0.6) is 11.5 Å². The van der Waals surface area contributed by atoms with Crippen LogP contribution in [0.3, 0.4) is 0 Å². The Bertz CT molecular complexity index is 1300. The van der Waals surface area contributed by atoms with E-state index >= 15 is 0 Å². The second kappa shape index (κ2) is 11.8. The lowest BCUT2D eigenvalue weighted by Crippen LogP contribution is -2.35. The number of rotatable bonds is 10. The van der Waals surface area contributed by atoms with Gasteiger partial charge in [0.25, 0.3) is 5.91 Å². The number of piperidine rings is 1. The van der Waals surface area contributed by atoms with Gasteiger partial charge in [-0.3, -0.25) is 4.79 Å². The highest BCUT2D eigenvalue weighted by Crippen LogP contribution is 2.27. The number of hydrogen-bond donors (Lipinski definition) is 1. The standard InChI is InChI=1S/C25H33N3O7S2/c1-34-24-12-11-22(37(32,33)28-16-5-6-17-28)19-23(24)25(29)26-13-18-35-20-7-9-21(10-8-20)36(30,31)27-14-3-2-4-15-27/h7-12,19H,2-6,13-18H2,1H3,(H,26,29). The summed E-state index contributed by atoms with van der Waals surface area (Å²) >= 11 is 0. The molecule has 0 spiro atoms. The first-order chi connectivity index (χ1) is 17.7. The van der Waals surface area contributed by atoms with Gasteiger partial charge in [-0.1, -0.05) is 6.42 Å². The molecule has 2 aliphatic rings. The SMILES string of the molecule is COc1ccc(S(=O)(=O)N2CCCC2)cc1C(=O)NCCOc1ccc(S(=O)(=O)N2CCCCC2)cc1. The van der Waals surface area contributed by atoms with E-state index in [2.05, 4.69) is 5.32 Å². The second-order valence-corrected chi connectivity index (χ2v) is 12.9. The first-order valence-corrected chi connectivity index (χ1v) is 15.3. The van der Waals surface area contributed by atoms with Crippen LogP contribution in [-0.2, 0) is 20.0 Å². The molecule has 0 unspecified atom stereocenters. The Kier molecular flexibility index (Phi) is 8.73. The van der Waals surface area contributed by atoms with Gasteiger partial charge in [0.2, 0.25) is 20.0 Å². The van der Waals surface area contributed by atoms with Crippen molar-refractivity contribution in [1.82, 2.24) is 13.9 Å². The van der Waals surface area contributed by atoms with E-state index in [0.29, 0.717) is 31.9 Å². The molecule has 0 atom stereocenters. The summed E-state index contributed by atoms with van der Waals surface area (Å²) in [6, 6.07) is 10.5. The maximum absolute atomic E-state index is 12.9. The number of hydrogen-bond acceptors (Lipinski definition) is 7. The lowest BCUT2D eigenvalue weighted by Gasteiger charge is -2.25. The minimum Gasteiger partial charge on any atom is -0.496 e. The van der Waals surface area contributed by atoms with Crippen LogP contribution >= 0.6 is 0 Å². The van der Waals surface area contributed by atoms with Crippen LogP contribution in [0.4, 0.5) is 0 Å². The minimum atomic E-state index is -3.68. The van der Waals surface area contributed by atoms with Crippen molar-refractivity contribution in [2.24, 2.45) is 0 Å². The molecule has 10 nitrogen and oxygen atoms in total. The highest BCUT2D eigenvalue weighted by molar-refractivity contribution is 7.89.